The number of hydrogen-bond donors (Lipinski definition) is 3. The van der Waals surface area contributed by atoms with E-state index in [0.29, 0.717) is 41.1 Å². The molecular weight excluding hydrogens is 366 g/mol. The average Bonchev–Trinajstić information content (AvgIpc) is 2.69. The largest absolute Gasteiger partial charge is 0.497 e. The van der Waals surface area contributed by atoms with Crippen molar-refractivity contribution in [1.82, 2.24) is 10.6 Å². The summed E-state index contributed by atoms with van der Waals surface area (Å²) in [6.07, 6.45) is -0.787. The molecule has 3 N–H and O–H groups in total. The Bertz CT molecular complexity index is 768. The van der Waals surface area contributed by atoms with Gasteiger partial charge in [-0.05, 0) is 42.8 Å². The van der Waals surface area contributed by atoms with Crippen LogP contribution in [0.5, 0.6) is 11.5 Å². The zero-order valence-electron chi connectivity index (χ0n) is 15.8. The number of methoxy groups -OCH3 is 2. The topological polar surface area (TPSA) is 75.1 Å². The summed E-state index contributed by atoms with van der Waals surface area (Å²) < 4.78 is 10.6. The summed E-state index contributed by atoms with van der Waals surface area (Å²) in [5.41, 5.74) is 1.66. The number of aliphatic hydroxyl groups excluding tert-OH is 1. The van der Waals surface area contributed by atoms with Gasteiger partial charge in [-0.25, -0.2) is 4.99 Å². The molecule has 2 rings (SSSR count). The van der Waals surface area contributed by atoms with E-state index in [1.807, 2.05) is 31.2 Å². The Labute approximate surface area is 165 Å². The molecule has 146 valence electrons. The molecule has 0 aliphatic carbocycles. The number of guanidine groups is 1. The average molecular weight is 392 g/mol. The van der Waals surface area contributed by atoms with Crippen LogP contribution in [0.2, 0.25) is 5.02 Å². The van der Waals surface area contributed by atoms with Gasteiger partial charge in [0.2, 0.25) is 0 Å². The lowest BCUT2D eigenvalue weighted by molar-refractivity contribution is 0.176. The first-order valence-corrected chi connectivity index (χ1v) is 9.11. The lowest BCUT2D eigenvalue weighted by Gasteiger charge is -2.18. The standard InChI is InChI=1S/C20H26ClN3O3/c1-4-22-20(23-12-14-6-5-7-15(21)10-14)24-13-18(25)17-11-16(26-2)8-9-19(17)27-3/h5-11,18,25H,4,12-13H2,1-3H3,(H2,22,23,24). The van der Waals surface area contributed by atoms with Gasteiger partial charge in [0.1, 0.15) is 11.5 Å². The molecule has 0 fully saturated rings. The molecule has 27 heavy (non-hydrogen) atoms. The van der Waals surface area contributed by atoms with Crippen molar-refractivity contribution in [2.75, 3.05) is 27.3 Å². The van der Waals surface area contributed by atoms with Crippen molar-refractivity contribution in [3.63, 3.8) is 0 Å². The molecule has 0 aliphatic heterocycles. The van der Waals surface area contributed by atoms with Crippen molar-refractivity contribution in [1.29, 1.82) is 0 Å². The van der Waals surface area contributed by atoms with Crippen LogP contribution in [0.15, 0.2) is 47.5 Å². The Morgan fingerprint density at radius 1 is 1.15 bits per heavy atom. The molecule has 0 aromatic heterocycles. The Balaban J connectivity index is 2.05. The fraction of sp³-hybridized carbons (Fsp3) is 0.350. The minimum absolute atomic E-state index is 0.269. The van der Waals surface area contributed by atoms with Crippen molar-refractivity contribution < 1.29 is 14.6 Å². The third-order valence-corrected chi connectivity index (χ3v) is 4.15. The molecule has 0 aliphatic rings. The van der Waals surface area contributed by atoms with Crippen LogP contribution in [-0.2, 0) is 6.54 Å². The first-order chi connectivity index (χ1) is 13.1. The Morgan fingerprint density at radius 2 is 1.96 bits per heavy atom. The molecule has 0 radical (unpaired) electrons. The zero-order valence-corrected chi connectivity index (χ0v) is 16.6. The molecule has 6 nitrogen and oxygen atoms in total. The molecule has 7 heteroatoms. The zero-order chi connectivity index (χ0) is 19.6. The van der Waals surface area contributed by atoms with Gasteiger partial charge in [0.15, 0.2) is 5.96 Å². The van der Waals surface area contributed by atoms with Crippen LogP contribution >= 0.6 is 11.6 Å². The van der Waals surface area contributed by atoms with Crippen molar-refractivity contribution in [2.45, 2.75) is 19.6 Å². The number of aliphatic imine (C=N–C) groups is 1. The highest BCUT2D eigenvalue weighted by Gasteiger charge is 2.15. The summed E-state index contributed by atoms with van der Waals surface area (Å²) in [6, 6.07) is 12.9. The van der Waals surface area contributed by atoms with E-state index < -0.39 is 6.10 Å². The van der Waals surface area contributed by atoms with Gasteiger partial charge in [-0.15, -0.1) is 0 Å². The fourth-order valence-corrected chi connectivity index (χ4v) is 2.76. The summed E-state index contributed by atoms with van der Waals surface area (Å²) in [5, 5.41) is 17.6. The highest BCUT2D eigenvalue weighted by Crippen LogP contribution is 2.29. The minimum atomic E-state index is -0.787. The van der Waals surface area contributed by atoms with Gasteiger partial charge in [-0.2, -0.15) is 0 Å². The van der Waals surface area contributed by atoms with Crippen LogP contribution in [-0.4, -0.2) is 38.4 Å². The van der Waals surface area contributed by atoms with E-state index in [-0.39, 0.29) is 6.54 Å². The van der Waals surface area contributed by atoms with Crippen molar-refractivity contribution >= 4 is 17.6 Å². The normalized spacial score (nSPS) is 12.4. The fourth-order valence-electron chi connectivity index (χ4n) is 2.55. The summed E-state index contributed by atoms with van der Waals surface area (Å²) in [5.74, 6) is 1.87. The molecule has 0 bridgehead atoms. The number of rotatable bonds is 8. The van der Waals surface area contributed by atoms with Crippen LogP contribution in [0.4, 0.5) is 0 Å². The smallest absolute Gasteiger partial charge is 0.191 e. The molecule has 1 atom stereocenters. The van der Waals surface area contributed by atoms with Crippen LogP contribution in [0.3, 0.4) is 0 Å². The first kappa shape index (κ1) is 20.9. The number of halogens is 1. The Morgan fingerprint density at radius 3 is 2.63 bits per heavy atom. The molecule has 0 heterocycles. The predicted octanol–water partition coefficient (Wildman–Crippen LogP) is 3.15. The van der Waals surface area contributed by atoms with Gasteiger partial charge in [-0.3, -0.25) is 0 Å². The van der Waals surface area contributed by atoms with Gasteiger partial charge in [0.25, 0.3) is 0 Å². The van der Waals surface area contributed by atoms with E-state index in [4.69, 9.17) is 21.1 Å². The maximum Gasteiger partial charge on any atom is 0.191 e. The molecular formula is C20H26ClN3O3. The van der Waals surface area contributed by atoms with E-state index in [0.717, 1.165) is 5.56 Å². The quantitative estimate of drug-likeness (QED) is 0.476. The number of aliphatic hydroxyl groups is 1. The predicted molar refractivity (Wildman–Crippen MR) is 109 cm³/mol. The lowest BCUT2D eigenvalue weighted by Crippen LogP contribution is -2.39. The van der Waals surface area contributed by atoms with E-state index >= 15 is 0 Å². The van der Waals surface area contributed by atoms with Crippen LogP contribution in [0.25, 0.3) is 0 Å². The second-order valence-electron chi connectivity index (χ2n) is 5.83. The maximum absolute atomic E-state index is 10.6. The summed E-state index contributed by atoms with van der Waals surface area (Å²) >= 11 is 6.01. The number of benzene rings is 2. The highest BCUT2D eigenvalue weighted by molar-refractivity contribution is 6.30. The SMILES string of the molecule is CCNC(=NCc1cccc(Cl)c1)NCC(O)c1cc(OC)ccc1OC. The van der Waals surface area contributed by atoms with Crippen molar-refractivity contribution in [2.24, 2.45) is 4.99 Å². The lowest BCUT2D eigenvalue weighted by atomic mass is 10.1. The molecule has 0 saturated heterocycles. The number of hydrogen-bond acceptors (Lipinski definition) is 4. The van der Waals surface area contributed by atoms with Gasteiger partial charge in [0.05, 0.1) is 26.9 Å². The van der Waals surface area contributed by atoms with Gasteiger partial charge in [0, 0.05) is 23.7 Å². The summed E-state index contributed by atoms with van der Waals surface area (Å²) in [7, 11) is 3.16. The van der Waals surface area contributed by atoms with E-state index in [9.17, 15) is 5.11 Å². The number of ether oxygens (including phenoxy) is 2. The Hall–Kier alpha value is -2.44. The van der Waals surface area contributed by atoms with Gasteiger partial charge < -0.3 is 25.2 Å². The van der Waals surface area contributed by atoms with Crippen LogP contribution in [0, 0.1) is 0 Å². The highest BCUT2D eigenvalue weighted by atomic mass is 35.5. The van der Waals surface area contributed by atoms with E-state index in [2.05, 4.69) is 15.6 Å². The molecule has 1 unspecified atom stereocenters. The van der Waals surface area contributed by atoms with Crippen molar-refractivity contribution in [3.8, 4) is 11.5 Å². The second kappa shape index (κ2) is 10.6. The molecule has 0 spiro atoms. The number of nitrogens with zero attached hydrogens (tertiary/aromatic N) is 1. The van der Waals surface area contributed by atoms with Crippen LogP contribution in [0.1, 0.15) is 24.2 Å². The summed E-state index contributed by atoms with van der Waals surface area (Å²) in [6.45, 7) is 3.44. The van der Waals surface area contributed by atoms with E-state index in [1.165, 1.54) is 0 Å². The minimum Gasteiger partial charge on any atom is -0.497 e. The van der Waals surface area contributed by atoms with Gasteiger partial charge in [-0.1, -0.05) is 23.7 Å². The molecule has 0 amide bonds. The third-order valence-electron chi connectivity index (χ3n) is 3.91. The first-order valence-electron chi connectivity index (χ1n) is 8.74. The molecule has 2 aromatic rings. The Kier molecular flexibility index (Phi) is 8.23. The maximum atomic E-state index is 10.6. The van der Waals surface area contributed by atoms with Crippen molar-refractivity contribution in [3.05, 3.63) is 58.6 Å². The van der Waals surface area contributed by atoms with Gasteiger partial charge >= 0.3 is 0 Å². The monoisotopic (exact) mass is 391 g/mol. The second-order valence-corrected chi connectivity index (χ2v) is 6.27. The molecule has 0 saturated carbocycles. The third kappa shape index (κ3) is 6.34. The van der Waals surface area contributed by atoms with Crippen LogP contribution < -0.4 is 20.1 Å². The summed E-state index contributed by atoms with van der Waals surface area (Å²) in [4.78, 5) is 4.54. The van der Waals surface area contributed by atoms with E-state index in [1.54, 1.807) is 32.4 Å². The number of nitrogens with one attached hydrogen (secondary N) is 2. The molecule has 2 aromatic carbocycles.